The second-order valence-electron chi connectivity index (χ2n) is 6.56. The molecule has 0 amide bonds. The van der Waals surface area contributed by atoms with Gasteiger partial charge in [0, 0.05) is 43.8 Å². The highest BCUT2D eigenvalue weighted by atomic mass is 19.1. The molecule has 1 heterocycles. The van der Waals surface area contributed by atoms with Crippen molar-refractivity contribution in [2.45, 2.75) is 26.5 Å². The van der Waals surface area contributed by atoms with E-state index in [0.717, 1.165) is 42.0 Å². The van der Waals surface area contributed by atoms with Crippen molar-refractivity contribution in [3.05, 3.63) is 71.2 Å². The summed E-state index contributed by atoms with van der Waals surface area (Å²) in [6.07, 6.45) is 2.75. The van der Waals surface area contributed by atoms with Crippen LogP contribution in [0.3, 0.4) is 0 Å². The molecule has 1 aromatic heterocycles. The van der Waals surface area contributed by atoms with E-state index in [1.165, 1.54) is 23.3 Å². The minimum Gasteiger partial charge on any atom is -0.377 e. The van der Waals surface area contributed by atoms with E-state index in [1.54, 1.807) is 7.05 Å². The van der Waals surface area contributed by atoms with Crippen molar-refractivity contribution in [1.29, 1.82) is 0 Å². The van der Waals surface area contributed by atoms with Crippen molar-refractivity contribution >= 4 is 16.9 Å². The molecule has 0 atom stereocenters. The van der Waals surface area contributed by atoms with E-state index in [1.807, 2.05) is 19.2 Å². The minimum absolute atomic E-state index is 0.227. The Balaban J connectivity index is 1.46. The highest BCUT2D eigenvalue weighted by Crippen LogP contribution is 2.19. The smallest absolute Gasteiger partial charge is 0.191 e. The van der Waals surface area contributed by atoms with E-state index in [0.29, 0.717) is 13.2 Å². The highest BCUT2D eigenvalue weighted by molar-refractivity contribution is 5.83. The molecule has 3 aromatic rings. The van der Waals surface area contributed by atoms with Gasteiger partial charge in [0.25, 0.3) is 0 Å². The summed E-state index contributed by atoms with van der Waals surface area (Å²) in [5.74, 6) is 0.527. The average molecular weight is 382 g/mol. The summed E-state index contributed by atoms with van der Waals surface area (Å²) in [5.41, 5.74) is 4.33. The van der Waals surface area contributed by atoms with Gasteiger partial charge in [-0.15, -0.1) is 0 Å². The molecule has 0 spiro atoms. The fraction of sp³-hybridized carbons (Fsp3) is 0.318. The van der Waals surface area contributed by atoms with Gasteiger partial charge in [0.1, 0.15) is 5.82 Å². The Bertz CT molecular complexity index is 918. The first-order valence-electron chi connectivity index (χ1n) is 9.55. The molecule has 0 unspecified atom stereocenters. The summed E-state index contributed by atoms with van der Waals surface area (Å²) in [6, 6.07) is 13.2. The first-order chi connectivity index (χ1) is 13.7. The van der Waals surface area contributed by atoms with E-state index in [9.17, 15) is 4.39 Å². The van der Waals surface area contributed by atoms with Crippen LogP contribution in [0.25, 0.3) is 10.9 Å². The number of hydrogen-bond donors (Lipinski definition) is 3. The van der Waals surface area contributed by atoms with Crippen molar-refractivity contribution in [2.24, 2.45) is 4.99 Å². The lowest BCUT2D eigenvalue weighted by molar-refractivity contribution is 0.134. The molecular formula is C22H27FN4O. The van der Waals surface area contributed by atoms with Gasteiger partial charge in [0.2, 0.25) is 0 Å². The van der Waals surface area contributed by atoms with E-state index < -0.39 is 0 Å². The van der Waals surface area contributed by atoms with Crippen LogP contribution < -0.4 is 10.6 Å². The Kier molecular flexibility index (Phi) is 7.03. The molecule has 148 valence electrons. The molecule has 28 heavy (non-hydrogen) atoms. The second-order valence-corrected chi connectivity index (χ2v) is 6.56. The van der Waals surface area contributed by atoms with Gasteiger partial charge < -0.3 is 20.4 Å². The summed E-state index contributed by atoms with van der Waals surface area (Å²) >= 11 is 0. The van der Waals surface area contributed by atoms with Gasteiger partial charge in [0.15, 0.2) is 5.96 Å². The number of guanidine groups is 1. The van der Waals surface area contributed by atoms with Gasteiger partial charge >= 0.3 is 0 Å². The molecule has 5 nitrogen and oxygen atoms in total. The number of rotatable bonds is 8. The molecule has 0 aliphatic heterocycles. The second kappa shape index (κ2) is 9.90. The number of ether oxygens (including phenoxy) is 1. The number of halogens is 1. The first kappa shape index (κ1) is 19.9. The molecule has 0 radical (unpaired) electrons. The first-order valence-corrected chi connectivity index (χ1v) is 9.55. The summed E-state index contributed by atoms with van der Waals surface area (Å²) in [5, 5.41) is 7.70. The van der Waals surface area contributed by atoms with Gasteiger partial charge in [-0.05, 0) is 48.2 Å². The highest BCUT2D eigenvalue weighted by Gasteiger charge is 2.05. The van der Waals surface area contributed by atoms with Crippen molar-refractivity contribution < 1.29 is 9.13 Å². The van der Waals surface area contributed by atoms with Crippen LogP contribution in [0.4, 0.5) is 4.39 Å². The summed E-state index contributed by atoms with van der Waals surface area (Å²) < 4.78 is 18.7. The number of aliphatic imine (C=N–C) groups is 1. The Morgan fingerprint density at radius 3 is 2.64 bits per heavy atom. The number of H-pyrrole nitrogens is 1. The zero-order valence-corrected chi connectivity index (χ0v) is 16.4. The summed E-state index contributed by atoms with van der Waals surface area (Å²) in [4.78, 5) is 7.39. The molecule has 2 aromatic carbocycles. The maximum absolute atomic E-state index is 13.3. The van der Waals surface area contributed by atoms with Gasteiger partial charge in [-0.25, -0.2) is 4.39 Å². The monoisotopic (exact) mass is 382 g/mol. The lowest BCUT2D eigenvalue weighted by Crippen LogP contribution is -2.37. The van der Waals surface area contributed by atoms with E-state index in [2.05, 4.69) is 44.9 Å². The standard InChI is InChI=1S/C22H27FN4O/c1-3-28-15-17-6-4-16(5-7-17)13-27-22(24-2)25-11-10-18-14-26-21-12-19(23)8-9-20(18)21/h4-9,12,14,26H,3,10-11,13,15H2,1-2H3,(H2,24,25,27). The predicted molar refractivity (Wildman–Crippen MR) is 112 cm³/mol. The molecule has 3 rings (SSSR count). The normalized spacial score (nSPS) is 11.8. The number of aromatic amines is 1. The van der Waals surface area contributed by atoms with Crippen LogP contribution >= 0.6 is 0 Å². The SMILES string of the molecule is CCOCc1ccc(CNC(=NC)NCCc2c[nH]c3cc(F)ccc23)cc1. The Labute approximate surface area is 165 Å². The van der Waals surface area contributed by atoms with Crippen LogP contribution in [0.5, 0.6) is 0 Å². The summed E-state index contributed by atoms with van der Waals surface area (Å²) in [6.45, 7) is 4.79. The van der Waals surface area contributed by atoms with Gasteiger partial charge in [-0.1, -0.05) is 24.3 Å². The van der Waals surface area contributed by atoms with Crippen LogP contribution in [0, 0.1) is 5.82 Å². The average Bonchev–Trinajstić information content (AvgIpc) is 3.11. The van der Waals surface area contributed by atoms with Gasteiger partial charge in [0.05, 0.1) is 6.61 Å². The largest absolute Gasteiger partial charge is 0.377 e. The molecule has 0 saturated heterocycles. The fourth-order valence-electron chi connectivity index (χ4n) is 3.06. The number of nitrogens with one attached hydrogen (secondary N) is 3. The van der Waals surface area contributed by atoms with Gasteiger partial charge in [-0.2, -0.15) is 0 Å². The number of aromatic nitrogens is 1. The fourth-order valence-corrected chi connectivity index (χ4v) is 3.06. The Morgan fingerprint density at radius 2 is 1.89 bits per heavy atom. The third-order valence-electron chi connectivity index (χ3n) is 4.60. The minimum atomic E-state index is -0.227. The molecule has 0 bridgehead atoms. The number of benzene rings is 2. The third-order valence-corrected chi connectivity index (χ3v) is 4.60. The van der Waals surface area contributed by atoms with Crippen LogP contribution in [0.2, 0.25) is 0 Å². The lowest BCUT2D eigenvalue weighted by atomic mass is 10.1. The molecule has 3 N–H and O–H groups in total. The molecular weight excluding hydrogens is 355 g/mol. The van der Waals surface area contributed by atoms with Gasteiger partial charge in [-0.3, -0.25) is 4.99 Å². The van der Waals surface area contributed by atoms with Crippen molar-refractivity contribution in [1.82, 2.24) is 15.6 Å². The lowest BCUT2D eigenvalue weighted by Gasteiger charge is -2.12. The maximum atomic E-state index is 13.3. The molecule has 0 aliphatic carbocycles. The number of fused-ring (bicyclic) bond motifs is 1. The zero-order chi connectivity index (χ0) is 19.8. The molecule has 0 aliphatic rings. The summed E-state index contributed by atoms with van der Waals surface area (Å²) in [7, 11) is 1.76. The van der Waals surface area contributed by atoms with E-state index >= 15 is 0 Å². The zero-order valence-electron chi connectivity index (χ0n) is 16.4. The quantitative estimate of drug-likeness (QED) is 0.411. The predicted octanol–water partition coefficient (Wildman–Crippen LogP) is 3.75. The van der Waals surface area contributed by atoms with Crippen LogP contribution in [-0.4, -0.2) is 31.1 Å². The Hall–Kier alpha value is -2.86. The van der Waals surface area contributed by atoms with Crippen LogP contribution in [0.15, 0.2) is 53.7 Å². The third kappa shape index (κ3) is 5.33. The maximum Gasteiger partial charge on any atom is 0.191 e. The molecule has 0 fully saturated rings. The number of hydrogen-bond acceptors (Lipinski definition) is 2. The topological polar surface area (TPSA) is 61.4 Å². The molecule has 6 heteroatoms. The van der Waals surface area contributed by atoms with Crippen molar-refractivity contribution in [3.63, 3.8) is 0 Å². The van der Waals surface area contributed by atoms with Crippen molar-refractivity contribution in [3.8, 4) is 0 Å². The van der Waals surface area contributed by atoms with Crippen LogP contribution in [0.1, 0.15) is 23.6 Å². The number of nitrogens with zero attached hydrogens (tertiary/aromatic N) is 1. The Morgan fingerprint density at radius 1 is 1.11 bits per heavy atom. The van der Waals surface area contributed by atoms with Crippen LogP contribution in [-0.2, 0) is 24.3 Å². The van der Waals surface area contributed by atoms with E-state index in [-0.39, 0.29) is 5.82 Å². The van der Waals surface area contributed by atoms with Crippen molar-refractivity contribution in [2.75, 3.05) is 20.2 Å². The molecule has 0 saturated carbocycles. The van der Waals surface area contributed by atoms with E-state index in [4.69, 9.17) is 4.74 Å².